The van der Waals surface area contributed by atoms with Crippen molar-refractivity contribution < 1.29 is 27.4 Å². The van der Waals surface area contributed by atoms with Crippen LogP contribution in [-0.4, -0.2) is 54.4 Å². The molecule has 1 fully saturated rings. The lowest BCUT2D eigenvalue weighted by atomic mass is 9.87. The van der Waals surface area contributed by atoms with Crippen molar-refractivity contribution in [2.24, 2.45) is 11.7 Å². The van der Waals surface area contributed by atoms with Gasteiger partial charge in [-0.05, 0) is 50.4 Å². The maximum Gasteiger partial charge on any atom is 0.423 e. The van der Waals surface area contributed by atoms with Crippen molar-refractivity contribution in [2.45, 2.75) is 38.4 Å². The number of aromatic nitrogens is 2. The molecule has 1 amide bonds. The first-order valence-corrected chi connectivity index (χ1v) is 11.6. The number of halogens is 3. The number of amides is 1. The standard InChI is InChI=1S/C24H30F3N5O3/c1-4-9-31-10-6-14(7-11-31)16-5-8-29-23-19(22(28)33)21(30-32(16)23)15-12-17(34-2)20(24(25,26)27)18(13-15)35-3/h4,9,12-14,16,29H,5-8,10-11H2,1-3H3,(H2,28,33). The number of hydrogen-bond donors (Lipinski definition) is 2. The molecule has 11 heteroatoms. The number of fused-ring (bicyclic) bond motifs is 1. The maximum atomic E-state index is 13.7. The van der Waals surface area contributed by atoms with Gasteiger partial charge in [-0.3, -0.25) is 4.79 Å². The summed E-state index contributed by atoms with van der Waals surface area (Å²) in [4.78, 5) is 14.8. The normalized spacial score (nSPS) is 18.9. The van der Waals surface area contributed by atoms with E-state index in [0.29, 0.717) is 18.3 Å². The van der Waals surface area contributed by atoms with Gasteiger partial charge in [0.2, 0.25) is 0 Å². The molecule has 35 heavy (non-hydrogen) atoms. The van der Waals surface area contributed by atoms with Crippen molar-refractivity contribution in [1.29, 1.82) is 0 Å². The molecule has 4 rings (SSSR count). The lowest BCUT2D eigenvalue weighted by Gasteiger charge is -2.38. The van der Waals surface area contributed by atoms with Crippen molar-refractivity contribution in [3.63, 3.8) is 0 Å². The van der Waals surface area contributed by atoms with Gasteiger partial charge in [0.15, 0.2) is 0 Å². The predicted molar refractivity (Wildman–Crippen MR) is 126 cm³/mol. The fraction of sp³-hybridized carbons (Fsp3) is 0.500. The number of benzene rings is 1. The molecular weight excluding hydrogens is 463 g/mol. The van der Waals surface area contributed by atoms with Gasteiger partial charge in [-0.2, -0.15) is 18.3 Å². The Kier molecular flexibility index (Phi) is 6.86. The highest BCUT2D eigenvalue weighted by Gasteiger charge is 2.40. The van der Waals surface area contributed by atoms with Crippen LogP contribution >= 0.6 is 0 Å². The number of methoxy groups -OCH3 is 2. The Morgan fingerprint density at radius 3 is 2.31 bits per heavy atom. The highest BCUT2D eigenvalue weighted by atomic mass is 19.4. The van der Waals surface area contributed by atoms with E-state index in [4.69, 9.17) is 20.3 Å². The van der Waals surface area contributed by atoms with E-state index in [-0.39, 0.29) is 22.9 Å². The topological polar surface area (TPSA) is 94.6 Å². The third kappa shape index (κ3) is 4.63. The maximum absolute atomic E-state index is 13.7. The van der Waals surface area contributed by atoms with Crippen LogP contribution in [0, 0.1) is 5.92 Å². The van der Waals surface area contributed by atoms with E-state index >= 15 is 0 Å². The molecule has 0 bridgehead atoms. The number of nitrogens with zero attached hydrogens (tertiary/aromatic N) is 3. The Balaban J connectivity index is 1.79. The van der Waals surface area contributed by atoms with Gasteiger partial charge in [-0.15, -0.1) is 0 Å². The number of primary amides is 1. The van der Waals surface area contributed by atoms with Crippen LogP contribution in [0.2, 0.25) is 0 Å². The van der Waals surface area contributed by atoms with E-state index < -0.39 is 29.1 Å². The van der Waals surface area contributed by atoms with E-state index in [1.54, 1.807) is 4.68 Å². The Hall–Kier alpha value is -3.37. The molecule has 0 aliphatic carbocycles. The van der Waals surface area contributed by atoms with Gasteiger partial charge in [0.1, 0.15) is 34.1 Å². The predicted octanol–water partition coefficient (Wildman–Crippen LogP) is 4.29. The number of hydrogen-bond acceptors (Lipinski definition) is 6. The summed E-state index contributed by atoms with van der Waals surface area (Å²) >= 11 is 0. The third-order valence-corrected chi connectivity index (χ3v) is 6.74. The van der Waals surface area contributed by atoms with Gasteiger partial charge < -0.3 is 25.4 Å². The molecular formula is C24H30F3N5O3. The van der Waals surface area contributed by atoms with Gasteiger partial charge in [-0.25, -0.2) is 4.68 Å². The van der Waals surface area contributed by atoms with E-state index in [9.17, 15) is 18.0 Å². The Labute approximate surface area is 201 Å². The highest BCUT2D eigenvalue weighted by molar-refractivity contribution is 6.04. The molecule has 8 nitrogen and oxygen atoms in total. The number of carbonyl (C=O) groups excluding carboxylic acids is 1. The number of likely N-dealkylation sites (tertiary alicyclic amines) is 1. The zero-order valence-electron chi connectivity index (χ0n) is 20.0. The molecule has 1 unspecified atom stereocenters. The zero-order chi connectivity index (χ0) is 25.3. The number of anilines is 1. The Morgan fingerprint density at radius 1 is 1.17 bits per heavy atom. The summed E-state index contributed by atoms with van der Waals surface area (Å²) in [7, 11) is 2.30. The third-order valence-electron chi connectivity index (χ3n) is 6.74. The van der Waals surface area contributed by atoms with Crippen LogP contribution in [0.25, 0.3) is 11.3 Å². The minimum atomic E-state index is -4.69. The fourth-order valence-corrected chi connectivity index (χ4v) is 5.17. The number of nitrogens with two attached hydrogens (primary N) is 1. The van der Waals surface area contributed by atoms with E-state index in [0.717, 1.165) is 46.6 Å². The number of allylic oxidation sites excluding steroid dienone is 1. The molecule has 2 aromatic rings. The summed E-state index contributed by atoms with van der Waals surface area (Å²) in [5.74, 6) is -0.710. The molecule has 190 valence electrons. The first-order valence-electron chi connectivity index (χ1n) is 11.6. The van der Waals surface area contributed by atoms with Crippen molar-refractivity contribution in [3.05, 3.63) is 35.5 Å². The molecule has 1 aromatic heterocycles. The number of ether oxygens (including phenoxy) is 2. The quantitative estimate of drug-likeness (QED) is 0.624. The SMILES string of the molecule is CC=CN1CCC(C2CCNc3c(C(N)=O)c(-c4cc(OC)c(C(F)(F)F)c(OC)c4)nn32)CC1. The molecule has 1 saturated heterocycles. The largest absolute Gasteiger partial charge is 0.496 e. The summed E-state index contributed by atoms with van der Waals surface area (Å²) in [6.07, 6.45) is 2.18. The van der Waals surface area contributed by atoms with E-state index in [1.165, 1.54) is 12.1 Å². The fourth-order valence-electron chi connectivity index (χ4n) is 5.17. The number of nitrogens with one attached hydrogen (secondary N) is 1. The summed E-state index contributed by atoms with van der Waals surface area (Å²) in [6.45, 7) is 4.49. The van der Waals surface area contributed by atoms with Crippen LogP contribution in [0.5, 0.6) is 11.5 Å². The van der Waals surface area contributed by atoms with E-state index in [2.05, 4.69) is 16.4 Å². The number of alkyl halides is 3. The average molecular weight is 494 g/mol. The van der Waals surface area contributed by atoms with Crippen molar-refractivity contribution >= 4 is 11.7 Å². The second kappa shape index (κ2) is 9.71. The van der Waals surface area contributed by atoms with Crippen LogP contribution in [0.4, 0.5) is 19.0 Å². The molecule has 1 aromatic carbocycles. The number of carbonyl (C=O) groups is 1. The Morgan fingerprint density at radius 2 is 1.80 bits per heavy atom. The second-order valence-electron chi connectivity index (χ2n) is 8.77. The Bertz CT molecular complexity index is 1100. The smallest absolute Gasteiger partial charge is 0.423 e. The lowest BCUT2D eigenvalue weighted by Crippen LogP contribution is -2.37. The summed E-state index contributed by atoms with van der Waals surface area (Å²) in [5.41, 5.74) is 5.32. The van der Waals surface area contributed by atoms with Gasteiger partial charge in [0.25, 0.3) is 5.91 Å². The van der Waals surface area contributed by atoms with Gasteiger partial charge in [0, 0.05) is 25.2 Å². The summed E-state index contributed by atoms with van der Waals surface area (Å²) in [6, 6.07) is 2.48. The van der Waals surface area contributed by atoms with Crippen LogP contribution in [-0.2, 0) is 6.18 Å². The monoisotopic (exact) mass is 493 g/mol. The van der Waals surface area contributed by atoms with Crippen LogP contribution in [0.1, 0.15) is 48.1 Å². The molecule has 0 spiro atoms. The van der Waals surface area contributed by atoms with Gasteiger partial charge in [0.05, 0.1) is 20.3 Å². The molecule has 0 radical (unpaired) electrons. The summed E-state index contributed by atoms with van der Waals surface area (Å²) in [5, 5.41) is 7.96. The minimum Gasteiger partial charge on any atom is -0.496 e. The van der Waals surface area contributed by atoms with Gasteiger partial charge in [-0.1, -0.05) is 6.08 Å². The summed E-state index contributed by atoms with van der Waals surface area (Å²) < 4.78 is 52.9. The minimum absolute atomic E-state index is 0.0455. The van der Waals surface area contributed by atoms with Crippen molar-refractivity contribution in [1.82, 2.24) is 14.7 Å². The first-order chi connectivity index (χ1) is 16.7. The second-order valence-corrected chi connectivity index (χ2v) is 8.77. The molecule has 1 atom stereocenters. The van der Waals surface area contributed by atoms with Crippen LogP contribution in [0.15, 0.2) is 24.4 Å². The molecule has 2 aliphatic heterocycles. The van der Waals surface area contributed by atoms with Crippen LogP contribution in [0.3, 0.4) is 0 Å². The van der Waals surface area contributed by atoms with E-state index in [1.807, 2.05) is 13.0 Å². The highest BCUT2D eigenvalue weighted by Crippen LogP contribution is 2.46. The molecule has 3 heterocycles. The van der Waals surface area contributed by atoms with Crippen LogP contribution < -0.4 is 20.5 Å². The number of rotatable bonds is 6. The molecule has 0 saturated carbocycles. The zero-order valence-corrected chi connectivity index (χ0v) is 20.0. The van der Waals surface area contributed by atoms with Crippen molar-refractivity contribution in [2.75, 3.05) is 39.2 Å². The lowest BCUT2D eigenvalue weighted by molar-refractivity contribution is -0.139. The molecule has 2 aliphatic rings. The number of piperidine rings is 1. The van der Waals surface area contributed by atoms with Crippen molar-refractivity contribution in [3.8, 4) is 22.8 Å². The van der Waals surface area contributed by atoms with Gasteiger partial charge >= 0.3 is 6.18 Å². The first kappa shape index (κ1) is 24.7. The average Bonchev–Trinajstić information content (AvgIpc) is 3.23. The molecule has 3 N–H and O–H groups in total.